The summed E-state index contributed by atoms with van der Waals surface area (Å²) >= 11 is 0. The van der Waals surface area contributed by atoms with Gasteiger partial charge in [-0.3, -0.25) is 9.48 Å². The Morgan fingerprint density at radius 1 is 1.35 bits per heavy atom. The van der Waals surface area contributed by atoms with Gasteiger partial charge in [-0.05, 0) is 25.3 Å². The van der Waals surface area contributed by atoms with Gasteiger partial charge >= 0.3 is 0 Å². The molecule has 1 fully saturated rings. The fourth-order valence-electron chi connectivity index (χ4n) is 3.15. The molecule has 2 aromatic rings. The lowest BCUT2D eigenvalue weighted by Crippen LogP contribution is -2.42. The average molecular weight is 314 g/mol. The number of rotatable bonds is 5. The summed E-state index contributed by atoms with van der Waals surface area (Å²) < 4.78 is 7.42. The van der Waals surface area contributed by atoms with Gasteiger partial charge in [-0.1, -0.05) is 30.3 Å². The lowest BCUT2D eigenvalue weighted by Gasteiger charge is -2.27. The van der Waals surface area contributed by atoms with E-state index in [-0.39, 0.29) is 23.9 Å². The van der Waals surface area contributed by atoms with E-state index in [0.717, 1.165) is 12.8 Å². The van der Waals surface area contributed by atoms with Crippen LogP contribution in [-0.4, -0.2) is 50.9 Å². The van der Waals surface area contributed by atoms with Crippen molar-refractivity contribution in [3.05, 3.63) is 48.0 Å². The Labute approximate surface area is 136 Å². The Balaban J connectivity index is 1.81. The minimum atomic E-state index is -0.117. The maximum atomic E-state index is 12.7. The maximum Gasteiger partial charge on any atom is 0.293 e. The number of aryl methyl sites for hydroxylation is 1. The smallest absolute Gasteiger partial charge is 0.293 e. The van der Waals surface area contributed by atoms with Crippen molar-refractivity contribution < 1.29 is 9.53 Å². The van der Waals surface area contributed by atoms with Crippen molar-refractivity contribution in [1.82, 2.24) is 19.7 Å². The normalized spacial score (nSPS) is 20.9. The third-order valence-corrected chi connectivity index (χ3v) is 4.20. The highest BCUT2D eigenvalue weighted by molar-refractivity contribution is 5.90. The summed E-state index contributed by atoms with van der Waals surface area (Å²) in [6.45, 7) is 3.32. The van der Waals surface area contributed by atoms with Crippen molar-refractivity contribution >= 4 is 5.91 Å². The minimum absolute atomic E-state index is 0.0219. The van der Waals surface area contributed by atoms with Crippen LogP contribution in [0.4, 0.5) is 0 Å². The molecule has 0 saturated carbocycles. The van der Waals surface area contributed by atoms with E-state index >= 15 is 0 Å². The average Bonchev–Trinajstić information content (AvgIpc) is 3.16. The van der Waals surface area contributed by atoms with Gasteiger partial charge < -0.3 is 9.64 Å². The molecule has 2 heterocycles. The van der Waals surface area contributed by atoms with Crippen LogP contribution in [0.15, 0.2) is 36.7 Å². The Morgan fingerprint density at radius 3 is 2.78 bits per heavy atom. The van der Waals surface area contributed by atoms with Crippen LogP contribution >= 0.6 is 0 Å². The number of carbonyl (C=O) groups is 1. The first-order chi connectivity index (χ1) is 11.2. The van der Waals surface area contributed by atoms with Gasteiger partial charge in [0.05, 0.1) is 12.1 Å². The van der Waals surface area contributed by atoms with Gasteiger partial charge in [0.15, 0.2) is 0 Å². The molecule has 0 spiro atoms. The van der Waals surface area contributed by atoms with E-state index in [1.807, 2.05) is 30.0 Å². The van der Waals surface area contributed by atoms with E-state index in [4.69, 9.17) is 4.74 Å². The summed E-state index contributed by atoms with van der Waals surface area (Å²) in [5.74, 6) is 0.136. The van der Waals surface area contributed by atoms with Crippen LogP contribution in [0.2, 0.25) is 0 Å². The predicted octanol–water partition coefficient (Wildman–Crippen LogP) is 1.68. The van der Waals surface area contributed by atoms with Crippen LogP contribution in [0.5, 0.6) is 0 Å². The van der Waals surface area contributed by atoms with E-state index in [2.05, 4.69) is 22.2 Å². The molecule has 1 saturated heterocycles. The second kappa shape index (κ2) is 6.91. The second-order valence-corrected chi connectivity index (χ2v) is 5.78. The number of benzene rings is 1. The first-order valence-corrected chi connectivity index (χ1v) is 8.01. The molecule has 2 atom stereocenters. The summed E-state index contributed by atoms with van der Waals surface area (Å²) in [6.07, 6.45) is 3.25. The SMILES string of the molecule is CCO[C@H]1CCN(C(=O)c2ncn(C)n2)[C@H]1Cc1ccccc1. The largest absolute Gasteiger partial charge is 0.376 e. The highest BCUT2D eigenvalue weighted by atomic mass is 16.5. The standard InChI is InChI=1S/C17H22N4O2/c1-3-23-15-9-10-21(17(22)16-18-12-20(2)19-16)14(15)11-13-7-5-4-6-8-13/h4-8,12,14-15H,3,9-11H2,1-2H3/t14-,15-/m0/s1. The van der Waals surface area contributed by atoms with Crippen molar-refractivity contribution in [3.8, 4) is 0 Å². The highest BCUT2D eigenvalue weighted by Gasteiger charge is 2.38. The Morgan fingerprint density at radius 2 is 2.13 bits per heavy atom. The van der Waals surface area contributed by atoms with Crippen molar-refractivity contribution in [2.24, 2.45) is 7.05 Å². The zero-order valence-electron chi connectivity index (χ0n) is 13.6. The molecule has 0 radical (unpaired) electrons. The van der Waals surface area contributed by atoms with Gasteiger partial charge in [-0.15, -0.1) is 5.10 Å². The fraction of sp³-hybridized carbons (Fsp3) is 0.471. The number of hydrogen-bond acceptors (Lipinski definition) is 4. The third-order valence-electron chi connectivity index (χ3n) is 4.20. The van der Waals surface area contributed by atoms with E-state index < -0.39 is 0 Å². The molecule has 1 aliphatic rings. The molecule has 6 nitrogen and oxygen atoms in total. The van der Waals surface area contributed by atoms with E-state index in [9.17, 15) is 4.79 Å². The zero-order chi connectivity index (χ0) is 16.2. The van der Waals surface area contributed by atoms with Gasteiger partial charge in [0.2, 0.25) is 5.82 Å². The number of amides is 1. The Bertz CT molecular complexity index is 656. The molecule has 1 aromatic heterocycles. The van der Waals surface area contributed by atoms with Crippen molar-refractivity contribution in [2.75, 3.05) is 13.2 Å². The number of hydrogen-bond donors (Lipinski definition) is 0. The van der Waals surface area contributed by atoms with Gasteiger partial charge in [-0.2, -0.15) is 0 Å². The Kier molecular flexibility index (Phi) is 4.71. The molecule has 6 heteroatoms. The third kappa shape index (κ3) is 3.42. The molecule has 3 rings (SSSR count). The van der Waals surface area contributed by atoms with Crippen LogP contribution in [0, 0.1) is 0 Å². The molecule has 122 valence electrons. The predicted molar refractivity (Wildman–Crippen MR) is 86.0 cm³/mol. The molecule has 1 amide bonds. The molecule has 0 unspecified atom stereocenters. The number of likely N-dealkylation sites (tertiary alicyclic amines) is 1. The Hall–Kier alpha value is -2.21. The molecular weight excluding hydrogens is 292 g/mol. The zero-order valence-corrected chi connectivity index (χ0v) is 13.6. The number of ether oxygens (including phenoxy) is 1. The summed E-state index contributed by atoms with van der Waals surface area (Å²) in [6, 6.07) is 10.2. The number of aromatic nitrogens is 3. The summed E-state index contributed by atoms with van der Waals surface area (Å²) in [7, 11) is 1.76. The summed E-state index contributed by atoms with van der Waals surface area (Å²) in [5.41, 5.74) is 1.20. The van der Waals surface area contributed by atoms with Crippen LogP contribution < -0.4 is 0 Å². The maximum absolute atomic E-state index is 12.7. The lowest BCUT2D eigenvalue weighted by molar-refractivity contribution is 0.0308. The van der Waals surface area contributed by atoms with Gasteiger partial charge in [0.25, 0.3) is 5.91 Å². The molecule has 0 bridgehead atoms. The highest BCUT2D eigenvalue weighted by Crippen LogP contribution is 2.25. The first-order valence-electron chi connectivity index (χ1n) is 8.01. The van der Waals surface area contributed by atoms with Crippen LogP contribution in [0.25, 0.3) is 0 Å². The van der Waals surface area contributed by atoms with Crippen molar-refractivity contribution in [3.63, 3.8) is 0 Å². The van der Waals surface area contributed by atoms with E-state index in [1.54, 1.807) is 18.1 Å². The molecule has 0 N–H and O–H groups in total. The van der Waals surface area contributed by atoms with Gasteiger partial charge in [0, 0.05) is 20.2 Å². The van der Waals surface area contributed by atoms with Crippen LogP contribution in [-0.2, 0) is 18.2 Å². The van der Waals surface area contributed by atoms with E-state index in [1.165, 1.54) is 5.56 Å². The molecule has 1 aromatic carbocycles. The van der Waals surface area contributed by atoms with E-state index in [0.29, 0.717) is 13.2 Å². The van der Waals surface area contributed by atoms with Crippen LogP contribution in [0.3, 0.4) is 0 Å². The quantitative estimate of drug-likeness (QED) is 0.842. The first kappa shape index (κ1) is 15.7. The summed E-state index contributed by atoms with van der Waals surface area (Å²) in [5, 5.41) is 4.14. The molecule has 0 aliphatic carbocycles. The van der Waals surface area contributed by atoms with Crippen molar-refractivity contribution in [2.45, 2.75) is 31.9 Å². The molecular formula is C17H22N4O2. The van der Waals surface area contributed by atoms with Gasteiger partial charge in [-0.25, -0.2) is 4.98 Å². The fourth-order valence-corrected chi connectivity index (χ4v) is 3.15. The monoisotopic (exact) mass is 314 g/mol. The molecule has 23 heavy (non-hydrogen) atoms. The summed E-state index contributed by atoms with van der Waals surface area (Å²) in [4.78, 5) is 18.7. The second-order valence-electron chi connectivity index (χ2n) is 5.78. The number of nitrogens with zero attached hydrogens (tertiary/aromatic N) is 4. The molecule has 1 aliphatic heterocycles. The lowest BCUT2D eigenvalue weighted by atomic mass is 10.0. The van der Waals surface area contributed by atoms with Gasteiger partial charge in [0.1, 0.15) is 6.33 Å². The van der Waals surface area contributed by atoms with Crippen molar-refractivity contribution in [1.29, 1.82) is 0 Å². The number of carbonyl (C=O) groups excluding carboxylic acids is 1. The van der Waals surface area contributed by atoms with Crippen LogP contribution in [0.1, 0.15) is 29.5 Å². The topological polar surface area (TPSA) is 60.2 Å². The minimum Gasteiger partial charge on any atom is -0.376 e.